The lowest BCUT2D eigenvalue weighted by molar-refractivity contribution is -0.142. The summed E-state index contributed by atoms with van der Waals surface area (Å²) in [4.78, 5) is 60.6. The summed E-state index contributed by atoms with van der Waals surface area (Å²) in [6, 6.07) is 4.14. The first kappa shape index (κ1) is 27.6. The first-order valence-corrected chi connectivity index (χ1v) is 10.6. The number of carboxylic acids is 1. The Hall–Kier alpha value is -3.47. The molecule has 0 aliphatic heterocycles. The van der Waals surface area contributed by atoms with E-state index in [1.54, 1.807) is 30.3 Å². The number of aliphatic carboxylic acids is 1. The lowest BCUT2D eigenvalue weighted by Crippen LogP contribution is -2.58. The fourth-order valence-corrected chi connectivity index (χ4v) is 3.01. The van der Waals surface area contributed by atoms with Crippen LogP contribution in [-0.2, 0) is 30.4 Å². The Bertz CT molecular complexity index is 845. The third-order valence-corrected chi connectivity index (χ3v) is 4.75. The molecule has 0 fully saturated rings. The third kappa shape index (κ3) is 10.1. The van der Waals surface area contributed by atoms with Crippen molar-refractivity contribution in [3.05, 3.63) is 35.9 Å². The van der Waals surface area contributed by atoms with Gasteiger partial charge in [-0.25, -0.2) is 0 Å². The molecule has 0 radical (unpaired) electrons. The maximum Gasteiger partial charge on any atom is 0.325 e. The summed E-state index contributed by atoms with van der Waals surface area (Å²) < 4.78 is 0. The van der Waals surface area contributed by atoms with Crippen LogP contribution < -0.4 is 27.4 Å². The molecule has 0 bridgehead atoms. The fraction of sp³-hybridized carbons (Fsp3) is 0.500. The van der Waals surface area contributed by atoms with E-state index in [9.17, 15) is 24.0 Å². The van der Waals surface area contributed by atoms with E-state index >= 15 is 0 Å². The second-order valence-electron chi connectivity index (χ2n) is 8.29. The molecule has 0 aliphatic carbocycles. The largest absolute Gasteiger partial charge is 0.480 e. The minimum Gasteiger partial charge on any atom is -0.480 e. The monoisotopic (exact) mass is 463 g/mol. The SMILES string of the molecule is CC(C)CC(N)C(=O)NC(CC(N)=O)C(=O)NC(Cc1ccccc1)C(=O)NC(C)C(=O)O. The van der Waals surface area contributed by atoms with Crippen molar-refractivity contribution in [2.24, 2.45) is 17.4 Å². The van der Waals surface area contributed by atoms with Crippen molar-refractivity contribution in [2.45, 2.75) is 64.2 Å². The van der Waals surface area contributed by atoms with E-state index in [4.69, 9.17) is 16.6 Å². The van der Waals surface area contributed by atoms with Crippen LogP contribution in [0.2, 0.25) is 0 Å². The number of carbonyl (C=O) groups excluding carboxylic acids is 4. The molecule has 1 aromatic carbocycles. The molecule has 33 heavy (non-hydrogen) atoms. The van der Waals surface area contributed by atoms with E-state index in [1.165, 1.54) is 6.92 Å². The molecule has 4 amide bonds. The normalized spacial score (nSPS) is 14.5. The summed E-state index contributed by atoms with van der Waals surface area (Å²) >= 11 is 0. The van der Waals surface area contributed by atoms with Crippen molar-refractivity contribution in [3.8, 4) is 0 Å². The number of nitrogens with two attached hydrogens (primary N) is 2. The predicted molar refractivity (Wildman–Crippen MR) is 120 cm³/mol. The Morgan fingerprint density at radius 1 is 0.879 bits per heavy atom. The smallest absolute Gasteiger partial charge is 0.325 e. The van der Waals surface area contributed by atoms with E-state index in [-0.39, 0.29) is 12.3 Å². The first-order valence-electron chi connectivity index (χ1n) is 10.6. The number of rotatable bonds is 13. The molecule has 0 aromatic heterocycles. The standard InChI is InChI=1S/C22H33N5O6/c1-12(2)9-15(23)19(29)26-17(11-18(24)28)21(31)27-16(10-14-7-5-4-6-8-14)20(30)25-13(3)22(32)33/h4-8,12-13,15-17H,9-11,23H2,1-3H3,(H2,24,28)(H,25,30)(H,26,29)(H,27,31)(H,32,33). The molecule has 8 N–H and O–H groups in total. The van der Waals surface area contributed by atoms with Crippen LogP contribution in [0.25, 0.3) is 0 Å². The van der Waals surface area contributed by atoms with Gasteiger partial charge in [0.05, 0.1) is 12.5 Å². The summed E-state index contributed by atoms with van der Waals surface area (Å²) in [5, 5.41) is 16.3. The molecule has 0 saturated heterocycles. The van der Waals surface area contributed by atoms with Gasteiger partial charge >= 0.3 is 5.97 Å². The van der Waals surface area contributed by atoms with Gasteiger partial charge in [0.15, 0.2) is 0 Å². The molecule has 0 aliphatic rings. The molecular weight excluding hydrogens is 430 g/mol. The van der Waals surface area contributed by atoms with E-state index < -0.39 is 60.2 Å². The van der Waals surface area contributed by atoms with Gasteiger partial charge in [-0.05, 0) is 24.8 Å². The topological polar surface area (TPSA) is 194 Å². The highest BCUT2D eigenvalue weighted by molar-refractivity contribution is 5.96. The molecule has 1 rings (SSSR count). The third-order valence-electron chi connectivity index (χ3n) is 4.75. The Morgan fingerprint density at radius 3 is 1.94 bits per heavy atom. The summed E-state index contributed by atoms with van der Waals surface area (Å²) in [6.45, 7) is 5.05. The molecular formula is C22H33N5O6. The average molecular weight is 464 g/mol. The van der Waals surface area contributed by atoms with Crippen molar-refractivity contribution >= 4 is 29.6 Å². The molecule has 0 heterocycles. The van der Waals surface area contributed by atoms with Crippen molar-refractivity contribution in [1.29, 1.82) is 0 Å². The molecule has 1 aromatic rings. The van der Waals surface area contributed by atoms with Gasteiger partial charge in [0.25, 0.3) is 0 Å². The number of carbonyl (C=O) groups is 5. The average Bonchev–Trinajstić information content (AvgIpc) is 2.72. The number of benzene rings is 1. The number of nitrogens with one attached hydrogen (secondary N) is 3. The van der Waals surface area contributed by atoms with Gasteiger partial charge in [-0.3, -0.25) is 24.0 Å². The second-order valence-corrected chi connectivity index (χ2v) is 8.29. The quantitative estimate of drug-likeness (QED) is 0.217. The Labute approximate surface area is 192 Å². The highest BCUT2D eigenvalue weighted by Crippen LogP contribution is 2.07. The van der Waals surface area contributed by atoms with Crippen LogP contribution in [-0.4, -0.2) is 58.9 Å². The Morgan fingerprint density at radius 2 is 1.42 bits per heavy atom. The van der Waals surface area contributed by atoms with Crippen molar-refractivity contribution in [3.63, 3.8) is 0 Å². The second kappa shape index (κ2) is 13.2. The van der Waals surface area contributed by atoms with E-state index in [0.29, 0.717) is 12.0 Å². The van der Waals surface area contributed by atoms with Gasteiger partial charge in [-0.2, -0.15) is 0 Å². The van der Waals surface area contributed by atoms with Crippen molar-refractivity contribution < 1.29 is 29.1 Å². The summed E-state index contributed by atoms with van der Waals surface area (Å²) in [5.74, 6) is -4.14. The number of primary amides is 1. The number of hydrogen-bond donors (Lipinski definition) is 6. The number of amides is 4. The zero-order valence-electron chi connectivity index (χ0n) is 19.0. The molecule has 11 heteroatoms. The van der Waals surface area contributed by atoms with Crippen LogP contribution in [0, 0.1) is 5.92 Å². The van der Waals surface area contributed by atoms with Gasteiger partial charge in [0, 0.05) is 6.42 Å². The highest BCUT2D eigenvalue weighted by Gasteiger charge is 2.30. The molecule has 0 saturated carbocycles. The van der Waals surface area contributed by atoms with E-state index in [1.807, 2.05) is 13.8 Å². The molecule has 182 valence electrons. The zero-order valence-corrected chi connectivity index (χ0v) is 19.0. The van der Waals surface area contributed by atoms with Crippen LogP contribution in [0.4, 0.5) is 0 Å². The van der Waals surface area contributed by atoms with Crippen LogP contribution in [0.1, 0.15) is 39.2 Å². The predicted octanol–water partition coefficient (Wildman–Crippen LogP) is -0.963. The number of carboxylic acid groups (broad SMARTS) is 1. The minimum absolute atomic E-state index is 0.0504. The maximum atomic E-state index is 12.9. The molecule has 4 unspecified atom stereocenters. The fourth-order valence-electron chi connectivity index (χ4n) is 3.01. The van der Waals surface area contributed by atoms with Gasteiger partial charge in [-0.15, -0.1) is 0 Å². The van der Waals surface area contributed by atoms with Gasteiger partial charge in [0.1, 0.15) is 18.1 Å². The molecule has 4 atom stereocenters. The first-order chi connectivity index (χ1) is 15.4. The van der Waals surface area contributed by atoms with E-state index in [2.05, 4.69) is 16.0 Å². The highest BCUT2D eigenvalue weighted by atomic mass is 16.4. The van der Waals surface area contributed by atoms with Crippen molar-refractivity contribution in [2.75, 3.05) is 0 Å². The molecule has 0 spiro atoms. The van der Waals surface area contributed by atoms with Gasteiger partial charge < -0.3 is 32.5 Å². The lowest BCUT2D eigenvalue weighted by Gasteiger charge is -2.24. The molecule has 11 nitrogen and oxygen atoms in total. The van der Waals surface area contributed by atoms with Crippen LogP contribution >= 0.6 is 0 Å². The summed E-state index contributed by atoms with van der Waals surface area (Å²) in [7, 11) is 0. The zero-order chi connectivity index (χ0) is 25.1. The Balaban J connectivity index is 3.04. The van der Waals surface area contributed by atoms with Crippen LogP contribution in [0.3, 0.4) is 0 Å². The van der Waals surface area contributed by atoms with Gasteiger partial charge in [0.2, 0.25) is 23.6 Å². The van der Waals surface area contributed by atoms with Crippen LogP contribution in [0.15, 0.2) is 30.3 Å². The number of hydrogen-bond acceptors (Lipinski definition) is 6. The summed E-state index contributed by atoms with van der Waals surface area (Å²) in [5.41, 5.74) is 11.8. The minimum atomic E-state index is -1.35. The van der Waals surface area contributed by atoms with Crippen molar-refractivity contribution in [1.82, 2.24) is 16.0 Å². The van der Waals surface area contributed by atoms with Gasteiger partial charge in [-0.1, -0.05) is 44.2 Å². The van der Waals surface area contributed by atoms with E-state index in [0.717, 1.165) is 0 Å². The van der Waals surface area contributed by atoms with Crippen LogP contribution in [0.5, 0.6) is 0 Å². The summed E-state index contributed by atoms with van der Waals surface area (Å²) in [6.07, 6.45) is -0.0884. The lowest BCUT2D eigenvalue weighted by atomic mass is 10.0. The Kier molecular flexibility index (Phi) is 11.0. The maximum absolute atomic E-state index is 12.9.